The molecule has 8 nitrogen and oxygen atoms in total. The lowest BCUT2D eigenvalue weighted by molar-refractivity contribution is -0.870. The molecule has 0 spiro atoms. The molecule has 0 heterocycles. The molecule has 9 heteroatoms. The SMILES string of the molecule is CCCCCCCCCCC/C=C\CCCCCCCC(=O)NC(COP(=O)(O)OCC[N+](C)(C)C)C(O)/C=C/CCCCCCCCCCCCCC. The lowest BCUT2D eigenvalue weighted by atomic mass is 10.0. The van der Waals surface area contributed by atoms with Gasteiger partial charge in [0.2, 0.25) is 5.91 Å². The molecule has 54 heavy (non-hydrogen) atoms. The molecule has 3 N–H and O–H groups in total. The van der Waals surface area contributed by atoms with Gasteiger partial charge in [0.25, 0.3) is 0 Å². The van der Waals surface area contributed by atoms with Crippen molar-refractivity contribution in [3.63, 3.8) is 0 Å². The van der Waals surface area contributed by atoms with E-state index in [1.165, 1.54) is 135 Å². The number of carbonyl (C=O) groups is 1. The Morgan fingerprint density at radius 2 is 1.00 bits per heavy atom. The maximum Gasteiger partial charge on any atom is 0.472 e. The van der Waals surface area contributed by atoms with E-state index < -0.39 is 20.0 Å². The van der Waals surface area contributed by atoms with E-state index in [0.29, 0.717) is 17.4 Å². The number of rotatable bonds is 41. The molecule has 0 radical (unpaired) electrons. The van der Waals surface area contributed by atoms with Crippen LogP contribution in [0.15, 0.2) is 24.3 Å². The van der Waals surface area contributed by atoms with Crippen molar-refractivity contribution in [3.05, 3.63) is 24.3 Å². The first-order valence-corrected chi connectivity index (χ1v) is 24.2. The maximum absolute atomic E-state index is 12.9. The van der Waals surface area contributed by atoms with Gasteiger partial charge < -0.3 is 19.8 Å². The van der Waals surface area contributed by atoms with Gasteiger partial charge in [0.1, 0.15) is 13.2 Å². The molecule has 0 saturated heterocycles. The molecule has 0 aromatic heterocycles. The van der Waals surface area contributed by atoms with Gasteiger partial charge in [-0.3, -0.25) is 13.8 Å². The number of nitrogens with zero attached hydrogens (tertiary/aromatic N) is 1. The van der Waals surface area contributed by atoms with Gasteiger partial charge in [-0.15, -0.1) is 0 Å². The molecule has 0 saturated carbocycles. The van der Waals surface area contributed by atoms with E-state index in [-0.39, 0.29) is 19.1 Å². The number of carbonyl (C=O) groups excluding carboxylic acids is 1. The summed E-state index contributed by atoms with van der Waals surface area (Å²) < 4.78 is 23.5. The molecule has 3 atom stereocenters. The fourth-order valence-corrected chi connectivity index (χ4v) is 7.24. The molecule has 0 bridgehead atoms. The van der Waals surface area contributed by atoms with Crippen LogP contribution in [0.25, 0.3) is 0 Å². The van der Waals surface area contributed by atoms with E-state index in [4.69, 9.17) is 9.05 Å². The van der Waals surface area contributed by atoms with Gasteiger partial charge in [-0.05, 0) is 44.9 Å². The summed E-state index contributed by atoms with van der Waals surface area (Å²) in [5, 5.41) is 13.8. The average Bonchev–Trinajstić information content (AvgIpc) is 3.12. The Labute approximate surface area is 334 Å². The summed E-state index contributed by atoms with van der Waals surface area (Å²) in [4.78, 5) is 23.1. The third kappa shape index (κ3) is 39.2. The highest BCUT2D eigenvalue weighted by atomic mass is 31.2. The van der Waals surface area contributed by atoms with Crippen molar-refractivity contribution in [3.8, 4) is 0 Å². The Bertz CT molecular complexity index is 938. The minimum Gasteiger partial charge on any atom is -0.387 e. The van der Waals surface area contributed by atoms with Gasteiger partial charge >= 0.3 is 7.82 Å². The normalized spacial score (nSPS) is 14.6. The molecule has 0 aliphatic rings. The van der Waals surface area contributed by atoms with Crippen LogP contribution in [0.2, 0.25) is 0 Å². The summed E-state index contributed by atoms with van der Waals surface area (Å²) in [6.45, 7) is 4.81. The number of hydrogen-bond donors (Lipinski definition) is 3. The largest absolute Gasteiger partial charge is 0.472 e. The van der Waals surface area contributed by atoms with E-state index in [9.17, 15) is 19.4 Å². The zero-order valence-corrected chi connectivity index (χ0v) is 37.1. The standard InChI is InChI=1S/C45H89N2O6P/c1-6-8-10-12-14-16-18-20-22-23-24-25-27-29-31-33-35-37-39-45(49)46-43(42-53-54(50,51)52-41-40-47(3,4)5)44(48)38-36-34-32-30-28-26-21-19-17-15-13-11-9-7-2/h24-25,36,38,43-44,48H,6-23,26-35,37,39-42H2,1-5H3,(H-,46,49,50,51)/p+1/b25-24-,38-36+. The third-order valence-electron chi connectivity index (χ3n) is 10.2. The molecular weight excluding hydrogens is 695 g/mol. The maximum atomic E-state index is 12.9. The summed E-state index contributed by atoms with van der Waals surface area (Å²) in [6.07, 6.45) is 43.8. The molecule has 0 aliphatic carbocycles. The Balaban J connectivity index is 4.41. The van der Waals surface area contributed by atoms with E-state index in [1.807, 2.05) is 27.2 Å². The predicted molar refractivity (Wildman–Crippen MR) is 231 cm³/mol. The predicted octanol–water partition coefficient (Wildman–Crippen LogP) is 12.5. The fourth-order valence-electron chi connectivity index (χ4n) is 6.51. The second-order valence-electron chi connectivity index (χ2n) is 16.8. The molecule has 0 fully saturated rings. The second kappa shape index (κ2) is 37.6. The van der Waals surface area contributed by atoms with Crippen molar-refractivity contribution in [2.24, 2.45) is 0 Å². The number of likely N-dealkylation sites (N-methyl/N-ethyl adjacent to an activating group) is 1. The van der Waals surface area contributed by atoms with Gasteiger partial charge in [0.15, 0.2) is 0 Å². The van der Waals surface area contributed by atoms with Gasteiger partial charge in [-0.1, -0.05) is 179 Å². The van der Waals surface area contributed by atoms with E-state index >= 15 is 0 Å². The minimum absolute atomic E-state index is 0.0610. The van der Waals surface area contributed by atoms with Crippen molar-refractivity contribution in [2.45, 2.75) is 219 Å². The molecule has 0 aromatic rings. The second-order valence-corrected chi connectivity index (χ2v) is 18.2. The third-order valence-corrected chi connectivity index (χ3v) is 11.1. The molecular formula is C45H90N2O6P+. The van der Waals surface area contributed by atoms with Crippen LogP contribution in [0.1, 0.15) is 206 Å². The van der Waals surface area contributed by atoms with E-state index in [2.05, 4.69) is 31.3 Å². The Hall–Kier alpha value is -1.02. The summed E-state index contributed by atoms with van der Waals surface area (Å²) in [6, 6.07) is -0.847. The number of nitrogens with one attached hydrogen (secondary N) is 1. The van der Waals surface area contributed by atoms with Crippen LogP contribution in [0.5, 0.6) is 0 Å². The number of quaternary nitrogens is 1. The highest BCUT2D eigenvalue weighted by Gasteiger charge is 2.27. The van der Waals surface area contributed by atoms with Crippen molar-refractivity contribution in [1.29, 1.82) is 0 Å². The number of aliphatic hydroxyl groups excluding tert-OH is 1. The summed E-state index contributed by atoms with van der Waals surface area (Å²) in [7, 11) is 1.57. The van der Waals surface area contributed by atoms with Crippen LogP contribution >= 0.6 is 7.82 Å². The van der Waals surface area contributed by atoms with E-state index in [1.54, 1.807) is 6.08 Å². The first-order chi connectivity index (χ1) is 26.0. The molecule has 1 amide bonds. The van der Waals surface area contributed by atoms with Crippen LogP contribution in [-0.4, -0.2) is 73.4 Å². The molecule has 0 aromatic carbocycles. The minimum atomic E-state index is -4.34. The Morgan fingerprint density at radius 3 is 1.43 bits per heavy atom. The first-order valence-electron chi connectivity index (χ1n) is 22.7. The topological polar surface area (TPSA) is 105 Å². The Kier molecular flexibility index (Phi) is 36.8. The van der Waals surface area contributed by atoms with Crippen molar-refractivity contribution in [2.75, 3.05) is 40.9 Å². The summed E-state index contributed by atoms with van der Waals surface area (Å²) in [5.74, 6) is -0.185. The van der Waals surface area contributed by atoms with Crippen LogP contribution in [0, 0.1) is 0 Å². The number of allylic oxidation sites excluding steroid dienone is 3. The number of phosphoric ester groups is 1. The van der Waals surface area contributed by atoms with Crippen molar-refractivity contribution < 1.29 is 32.9 Å². The highest BCUT2D eigenvalue weighted by molar-refractivity contribution is 7.47. The lowest BCUT2D eigenvalue weighted by Crippen LogP contribution is -2.45. The van der Waals surface area contributed by atoms with Gasteiger partial charge in [0, 0.05) is 6.42 Å². The van der Waals surface area contributed by atoms with E-state index in [0.717, 1.165) is 51.4 Å². The highest BCUT2D eigenvalue weighted by Crippen LogP contribution is 2.43. The number of aliphatic hydroxyl groups is 1. The van der Waals surface area contributed by atoms with Crippen LogP contribution < -0.4 is 5.32 Å². The monoisotopic (exact) mass is 786 g/mol. The summed E-state index contributed by atoms with van der Waals surface area (Å²) in [5.41, 5.74) is 0. The zero-order valence-electron chi connectivity index (χ0n) is 36.2. The summed E-state index contributed by atoms with van der Waals surface area (Å²) >= 11 is 0. The lowest BCUT2D eigenvalue weighted by Gasteiger charge is -2.25. The van der Waals surface area contributed by atoms with Crippen LogP contribution in [0.4, 0.5) is 0 Å². The van der Waals surface area contributed by atoms with Crippen molar-refractivity contribution >= 4 is 13.7 Å². The number of amides is 1. The van der Waals surface area contributed by atoms with Crippen molar-refractivity contribution in [1.82, 2.24) is 5.32 Å². The quantitative estimate of drug-likeness (QED) is 0.0247. The van der Waals surface area contributed by atoms with Gasteiger partial charge in [0.05, 0.1) is 39.9 Å². The van der Waals surface area contributed by atoms with Gasteiger partial charge in [-0.2, -0.15) is 0 Å². The molecule has 0 rings (SSSR count). The average molecular weight is 786 g/mol. The molecule has 320 valence electrons. The van der Waals surface area contributed by atoms with Gasteiger partial charge in [-0.25, -0.2) is 4.57 Å². The van der Waals surface area contributed by atoms with Crippen LogP contribution in [-0.2, 0) is 18.4 Å². The number of unbranched alkanes of at least 4 members (excludes halogenated alkanes) is 26. The molecule has 0 aliphatic heterocycles. The fraction of sp³-hybridized carbons (Fsp3) is 0.889. The first kappa shape index (κ1) is 53.0. The zero-order chi connectivity index (χ0) is 40.0. The van der Waals surface area contributed by atoms with Crippen LogP contribution in [0.3, 0.4) is 0 Å². The Morgan fingerprint density at radius 1 is 0.611 bits per heavy atom. The number of hydrogen-bond acceptors (Lipinski definition) is 5. The number of phosphoric acid groups is 1. The molecule has 3 unspecified atom stereocenters. The smallest absolute Gasteiger partial charge is 0.387 e.